The minimum Gasteiger partial charge on any atom is -0.378 e. The molecule has 118 valence electrons. The Bertz CT molecular complexity index is 413. The highest BCUT2D eigenvalue weighted by Crippen LogP contribution is 2.24. The fourth-order valence-electron chi connectivity index (χ4n) is 3.14. The van der Waals surface area contributed by atoms with Crippen LogP contribution in [0.5, 0.6) is 0 Å². The average molecular weight is 290 g/mol. The fourth-order valence-corrected chi connectivity index (χ4v) is 3.14. The first-order chi connectivity index (χ1) is 10.2. The molecule has 0 saturated carbocycles. The van der Waals surface area contributed by atoms with Crippen molar-refractivity contribution in [3.63, 3.8) is 0 Å². The van der Waals surface area contributed by atoms with Crippen molar-refractivity contribution >= 4 is 0 Å². The van der Waals surface area contributed by atoms with Crippen molar-refractivity contribution in [2.24, 2.45) is 11.8 Å². The van der Waals surface area contributed by atoms with Crippen LogP contribution in [-0.4, -0.2) is 12.7 Å². The van der Waals surface area contributed by atoms with Crippen LogP contribution in [-0.2, 0) is 11.2 Å². The molecule has 1 aromatic carbocycles. The number of ether oxygens (including phenoxy) is 1. The highest BCUT2D eigenvalue weighted by molar-refractivity contribution is 5.26. The Labute approximate surface area is 129 Å². The Morgan fingerprint density at radius 1 is 1.33 bits per heavy atom. The van der Waals surface area contributed by atoms with Gasteiger partial charge in [0.1, 0.15) is 0 Å². The third kappa shape index (κ3) is 5.42. The molecular weight excluding hydrogens is 260 g/mol. The number of benzene rings is 1. The molecule has 0 aliphatic carbocycles. The van der Waals surface area contributed by atoms with Crippen molar-refractivity contribution < 1.29 is 4.74 Å². The summed E-state index contributed by atoms with van der Waals surface area (Å²) >= 11 is 0. The number of hydrazine groups is 1. The van der Waals surface area contributed by atoms with E-state index in [0.717, 1.165) is 25.9 Å². The van der Waals surface area contributed by atoms with Gasteiger partial charge in [-0.25, -0.2) is 0 Å². The van der Waals surface area contributed by atoms with E-state index in [1.165, 1.54) is 30.4 Å². The van der Waals surface area contributed by atoms with Gasteiger partial charge in [0.05, 0.1) is 6.10 Å². The van der Waals surface area contributed by atoms with Crippen molar-refractivity contribution in [2.75, 3.05) is 6.61 Å². The predicted octanol–water partition coefficient (Wildman–Crippen LogP) is 3.74. The summed E-state index contributed by atoms with van der Waals surface area (Å²) in [6.07, 6.45) is 7.38. The Balaban J connectivity index is 1.92. The topological polar surface area (TPSA) is 47.3 Å². The van der Waals surface area contributed by atoms with Crippen molar-refractivity contribution in [3.05, 3.63) is 35.4 Å². The summed E-state index contributed by atoms with van der Waals surface area (Å²) in [6, 6.07) is 9.06. The molecule has 1 heterocycles. The quantitative estimate of drug-likeness (QED) is 0.594. The second-order valence-corrected chi connectivity index (χ2v) is 6.63. The molecule has 3 N–H and O–H groups in total. The lowest BCUT2D eigenvalue weighted by Gasteiger charge is -2.25. The molecule has 0 spiro atoms. The molecule has 0 bridgehead atoms. The van der Waals surface area contributed by atoms with Crippen LogP contribution in [0.25, 0.3) is 0 Å². The van der Waals surface area contributed by atoms with Gasteiger partial charge in [0.2, 0.25) is 0 Å². The first-order valence-corrected chi connectivity index (χ1v) is 8.35. The molecular formula is C18H30N2O. The third-order valence-electron chi connectivity index (χ3n) is 4.25. The maximum Gasteiger partial charge on any atom is 0.0575 e. The van der Waals surface area contributed by atoms with Crippen molar-refractivity contribution in [1.82, 2.24) is 5.43 Å². The van der Waals surface area contributed by atoms with Gasteiger partial charge in [-0.15, -0.1) is 0 Å². The highest BCUT2D eigenvalue weighted by atomic mass is 16.5. The number of nitrogens with two attached hydrogens (primary N) is 1. The van der Waals surface area contributed by atoms with Gasteiger partial charge in [-0.2, -0.15) is 0 Å². The van der Waals surface area contributed by atoms with Gasteiger partial charge >= 0.3 is 0 Å². The maximum absolute atomic E-state index is 5.82. The second kappa shape index (κ2) is 8.52. The van der Waals surface area contributed by atoms with Crippen LogP contribution >= 0.6 is 0 Å². The minimum atomic E-state index is 0.225. The van der Waals surface area contributed by atoms with Crippen molar-refractivity contribution in [2.45, 2.75) is 64.5 Å². The van der Waals surface area contributed by atoms with E-state index in [4.69, 9.17) is 10.6 Å². The van der Waals surface area contributed by atoms with Gasteiger partial charge in [0.15, 0.2) is 0 Å². The largest absolute Gasteiger partial charge is 0.378 e. The molecule has 2 unspecified atom stereocenters. The molecule has 1 aliphatic rings. The zero-order valence-electron chi connectivity index (χ0n) is 13.5. The van der Waals surface area contributed by atoms with Crippen LogP contribution in [0.4, 0.5) is 0 Å². The summed E-state index contributed by atoms with van der Waals surface area (Å²) in [5.41, 5.74) is 5.68. The molecule has 21 heavy (non-hydrogen) atoms. The maximum atomic E-state index is 5.82. The molecule has 0 radical (unpaired) electrons. The van der Waals surface area contributed by atoms with Crippen LogP contribution in [0.1, 0.15) is 63.1 Å². The van der Waals surface area contributed by atoms with Crippen LogP contribution in [0.15, 0.2) is 24.3 Å². The summed E-state index contributed by atoms with van der Waals surface area (Å²) < 4.78 is 5.82. The van der Waals surface area contributed by atoms with E-state index in [1.54, 1.807) is 0 Å². The molecule has 2 rings (SSSR count). The normalized spacial score (nSPS) is 20.7. The van der Waals surface area contributed by atoms with Gasteiger partial charge in [-0.3, -0.25) is 11.3 Å². The summed E-state index contributed by atoms with van der Waals surface area (Å²) in [5.74, 6) is 6.46. The molecule has 1 aromatic rings. The summed E-state index contributed by atoms with van der Waals surface area (Å²) in [7, 11) is 0. The first-order valence-electron chi connectivity index (χ1n) is 8.35. The second-order valence-electron chi connectivity index (χ2n) is 6.63. The average Bonchev–Trinajstić information content (AvgIpc) is 2.49. The molecule has 1 aliphatic heterocycles. The molecule has 1 saturated heterocycles. The van der Waals surface area contributed by atoms with E-state index >= 15 is 0 Å². The number of hydrogen-bond acceptors (Lipinski definition) is 3. The molecule has 1 fully saturated rings. The van der Waals surface area contributed by atoms with E-state index in [1.807, 2.05) is 0 Å². The monoisotopic (exact) mass is 290 g/mol. The number of hydrogen-bond donors (Lipinski definition) is 2. The van der Waals surface area contributed by atoms with Gasteiger partial charge in [0, 0.05) is 12.6 Å². The van der Waals surface area contributed by atoms with E-state index in [0.29, 0.717) is 12.0 Å². The Hall–Kier alpha value is -0.900. The lowest BCUT2D eigenvalue weighted by atomic mass is 9.94. The van der Waals surface area contributed by atoms with Crippen molar-refractivity contribution in [1.29, 1.82) is 0 Å². The first kappa shape index (κ1) is 16.5. The summed E-state index contributed by atoms with van der Waals surface area (Å²) in [5, 5.41) is 0. The minimum absolute atomic E-state index is 0.225. The van der Waals surface area contributed by atoms with Crippen LogP contribution < -0.4 is 11.3 Å². The molecule has 0 amide bonds. The zero-order chi connectivity index (χ0) is 15.1. The lowest BCUT2D eigenvalue weighted by Crippen LogP contribution is -2.29. The van der Waals surface area contributed by atoms with E-state index < -0.39 is 0 Å². The van der Waals surface area contributed by atoms with E-state index in [-0.39, 0.29) is 6.04 Å². The van der Waals surface area contributed by atoms with Gasteiger partial charge < -0.3 is 4.74 Å². The van der Waals surface area contributed by atoms with E-state index in [2.05, 4.69) is 43.5 Å². The highest BCUT2D eigenvalue weighted by Gasteiger charge is 2.17. The Morgan fingerprint density at radius 3 is 2.86 bits per heavy atom. The molecule has 3 heteroatoms. The van der Waals surface area contributed by atoms with Crippen LogP contribution in [0.2, 0.25) is 0 Å². The van der Waals surface area contributed by atoms with Gasteiger partial charge in [-0.1, -0.05) is 38.1 Å². The van der Waals surface area contributed by atoms with Gasteiger partial charge in [-0.05, 0) is 55.6 Å². The van der Waals surface area contributed by atoms with E-state index in [9.17, 15) is 0 Å². The third-order valence-corrected chi connectivity index (χ3v) is 4.25. The van der Waals surface area contributed by atoms with Crippen LogP contribution in [0.3, 0.4) is 0 Å². The zero-order valence-corrected chi connectivity index (χ0v) is 13.5. The smallest absolute Gasteiger partial charge is 0.0575 e. The van der Waals surface area contributed by atoms with Crippen LogP contribution in [0, 0.1) is 5.92 Å². The molecule has 0 aromatic heterocycles. The Morgan fingerprint density at radius 2 is 2.19 bits per heavy atom. The summed E-state index contributed by atoms with van der Waals surface area (Å²) in [6.45, 7) is 5.44. The molecule has 2 atom stereocenters. The fraction of sp³-hybridized carbons (Fsp3) is 0.667. The summed E-state index contributed by atoms with van der Waals surface area (Å²) in [4.78, 5) is 0. The van der Waals surface area contributed by atoms with Crippen molar-refractivity contribution in [3.8, 4) is 0 Å². The molecule has 3 nitrogen and oxygen atoms in total. The lowest BCUT2D eigenvalue weighted by molar-refractivity contribution is 0.00854. The number of nitrogens with one attached hydrogen (secondary N) is 1. The SMILES string of the molecule is CC(C)Cc1cccc(C(CCC2CCCCO2)NN)c1. The predicted molar refractivity (Wildman–Crippen MR) is 87.9 cm³/mol. The Kier molecular flexibility index (Phi) is 6.68. The number of rotatable bonds is 7. The van der Waals surface area contributed by atoms with Gasteiger partial charge in [0.25, 0.3) is 0 Å². The standard InChI is InChI=1S/C18H30N2O/c1-14(2)12-15-6-5-7-16(13-15)18(20-19)10-9-17-8-3-4-11-21-17/h5-7,13-14,17-18,20H,3-4,8-12,19H2,1-2H3.